The van der Waals surface area contributed by atoms with Crippen LogP contribution in [-0.2, 0) is 6.54 Å². The van der Waals surface area contributed by atoms with Gasteiger partial charge in [0.15, 0.2) is 0 Å². The number of hydrogen-bond acceptors (Lipinski definition) is 3. The van der Waals surface area contributed by atoms with E-state index in [1.165, 1.54) is 6.20 Å². The number of aromatic nitrogens is 1. The summed E-state index contributed by atoms with van der Waals surface area (Å²) in [5.41, 5.74) is 6.28. The molecular weight excluding hydrogens is 226 g/mol. The predicted octanol–water partition coefficient (Wildman–Crippen LogP) is 2.61. The number of hydrogen-bond donors (Lipinski definition) is 1. The summed E-state index contributed by atoms with van der Waals surface area (Å²) >= 11 is 0. The van der Waals surface area contributed by atoms with Crippen LogP contribution in [0.3, 0.4) is 0 Å². The Bertz CT molecular complexity index is 511. The smallest absolute Gasteiger partial charge is 0.219 e. The van der Waals surface area contributed by atoms with Crippen molar-refractivity contribution in [2.45, 2.75) is 6.54 Å². The van der Waals surface area contributed by atoms with Gasteiger partial charge in [-0.3, -0.25) is 0 Å². The summed E-state index contributed by atoms with van der Waals surface area (Å²) in [7, 11) is 0. The van der Waals surface area contributed by atoms with E-state index in [2.05, 4.69) is 4.98 Å². The van der Waals surface area contributed by atoms with Gasteiger partial charge >= 0.3 is 0 Å². The molecule has 0 aliphatic heterocycles. The minimum absolute atomic E-state index is 0.0594. The molecule has 0 aliphatic rings. The molecule has 0 fully saturated rings. The predicted molar refractivity (Wildman–Crippen MR) is 58.6 cm³/mol. The molecule has 88 valence electrons. The summed E-state index contributed by atoms with van der Waals surface area (Å²) in [6, 6.07) is 6.29. The van der Waals surface area contributed by atoms with Crippen molar-refractivity contribution < 1.29 is 13.5 Å². The van der Waals surface area contributed by atoms with Crippen LogP contribution >= 0.6 is 0 Å². The second-order valence-electron chi connectivity index (χ2n) is 3.41. The van der Waals surface area contributed by atoms with Crippen LogP contribution in [0, 0.1) is 11.6 Å². The lowest BCUT2D eigenvalue weighted by molar-refractivity contribution is 0.450. The Balaban J connectivity index is 2.24. The summed E-state index contributed by atoms with van der Waals surface area (Å²) in [5.74, 6) is -1.09. The highest BCUT2D eigenvalue weighted by atomic mass is 19.1. The average molecular weight is 236 g/mol. The number of benzene rings is 1. The molecule has 0 bridgehead atoms. The van der Waals surface area contributed by atoms with Gasteiger partial charge in [-0.2, -0.15) is 0 Å². The molecule has 0 unspecified atom stereocenters. The van der Waals surface area contributed by atoms with Crippen LogP contribution in [0.15, 0.2) is 36.5 Å². The lowest BCUT2D eigenvalue weighted by atomic mass is 10.3. The van der Waals surface area contributed by atoms with Gasteiger partial charge in [-0.25, -0.2) is 13.8 Å². The average Bonchev–Trinajstić information content (AvgIpc) is 2.28. The molecule has 1 aromatic heterocycles. The van der Waals surface area contributed by atoms with E-state index in [-0.39, 0.29) is 11.6 Å². The third kappa shape index (κ3) is 2.98. The van der Waals surface area contributed by atoms with Crippen molar-refractivity contribution in [2.75, 3.05) is 0 Å². The van der Waals surface area contributed by atoms with Gasteiger partial charge in [0.25, 0.3) is 0 Å². The molecule has 3 nitrogen and oxygen atoms in total. The second-order valence-corrected chi connectivity index (χ2v) is 3.41. The van der Waals surface area contributed by atoms with Crippen molar-refractivity contribution in [3.63, 3.8) is 0 Å². The Kier molecular flexibility index (Phi) is 3.30. The molecule has 1 heterocycles. The van der Waals surface area contributed by atoms with Gasteiger partial charge in [0.1, 0.15) is 17.4 Å². The minimum atomic E-state index is -0.699. The van der Waals surface area contributed by atoms with Crippen molar-refractivity contribution in [1.82, 2.24) is 4.98 Å². The summed E-state index contributed by atoms with van der Waals surface area (Å²) in [6.07, 6.45) is 1.52. The first-order valence-corrected chi connectivity index (χ1v) is 4.96. The Morgan fingerprint density at radius 1 is 1.12 bits per heavy atom. The number of nitrogens with zero attached hydrogens (tertiary/aromatic N) is 1. The standard InChI is InChI=1S/C12H10F2N2O/c13-9-4-10(14)6-11(5-9)17-12-3-8(7-15)1-2-16-12/h1-6H,7,15H2. The quantitative estimate of drug-likeness (QED) is 0.891. The fraction of sp³-hybridized carbons (Fsp3) is 0.0833. The topological polar surface area (TPSA) is 48.1 Å². The third-order valence-corrected chi connectivity index (χ3v) is 2.09. The third-order valence-electron chi connectivity index (χ3n) is 2.09. The molecule has 0 saturated carbocycles. The Hall–Kier alpha value is -2.01. The first-order valence-electron chi connectivity index (χ1n) is 4.96. The van der Waals surface area contributed by atoms with Crippen LogP contribution < -0.4 is 10.5 Å². The largest absolute Gasteiger partial charge is 0.439 e. The lowest BCUT2D eigenvalue weighted by Crippen LogP contribution is -1.97. The van der Waals surface area contributed by atoms with Gasteiger partial charge in [0.2, 0.25) is 5.88 Å². The molecule has 0 saturated heterocycles. The van der Waals surface area contributed by atoms with E-state index >= 15 is 0 Å². The van der Waals surface area contributed by atoms with Crippen LogP contribution in [0.4, 0.5) is 8.78 Å². The normalized spacial score (nSPS) is 10.3. The molecule has 1 aromatic carbocycles. The van der Waals surface area contributed by atoms with Gasteiger partial charge in [0, 0.05) is 37.0 Å². The maximum absolute atomic E-state index is 12.9. The van der Waals surface area contributed by atoms with Crippen LogP contribution in [-0.4, -0.2) is 4.98 Å². The van der Waals surface area contributed by atoms with Crippen LogP contribution in [0.25, 0.3) is 0 Å². The lowest BCUT2D eigenvalue weighted by Gasteiger charge is -2.06. The zero-order valence-electron chi connectivity index (χ0n) is 8.86. The summed E-state index contributed by atoms with van der Waals surface area (Å²) in [5, 5.41) is 0. The number of rotatable bonds is 3. The van der Waals surface area contributed by atoms with Crippen molar-refractivity contribution >= 4 is 0 Å². The van der Waals surface area contributed by atoms with Gasteiger partial charge in [-0.1, -0.05) is 0 Å². The van der Waals surface area contributed by atoms with Gasteiger partial charge < -0.3 is 10.5 Å². The molecule has 0 spiro atoms. The summed E-state index contributed by atoms with van der Waals surface area (Å²) in [4.78, 5) is 3.92. The van der Waals surface area contributed by atoms with Gasteiger partial charge in [-0.15, -0.1) is 0 Å². The first-order chi connectivity index (χ1) is 8.17. The fourth-order valence-corrected chi connectivity index (χ4v) is 1.34. The Morgan fingerprint density at radius 3 is 2.47 bits per heavy atom. The van der Waals surface area contributed by atoms with Gasteiger partial charge in [-0.05, 0) is 11.6 Å². The minimum Gasteiger partial charge on any atom is -0.439 e. The SMILES string of the molecule is NCc1ccnc(Oc2cc(F)cc(F)c2)c1. The zero-order chi connectivity index (χ0) is 12.3. The van der Waals surface area contributed by atoms with E-state index in [1.54, 1.807) is 12.1 Å². The highest BCUT2D eigenvalue weighted by molar-refractivity contribution is 5.29. The molecule has 2 N–H and O–H groups in total. The van der Waals surface area contributed by atoms with E-state index in [0.29, 0.717) is 6.54 Å². The van der Waals surface area contributed by atoms with Crippen molar-refractivity contribution in [2.24, 2.45) is 5.73 Å². The molecular formula is C12H10F2N2O. The summed E-state index contributed by atoms with van der Waals surface area (Å²) in [6.45, 7) is 0.344. The number of halogens is 2. The monoisotopic (exact) mass is 236 g/mol. The molecule has 2 rings (SSSR count). The maximum Gasteiger partial charge on any atom is 0.219 e. The van der Waals surface area contributed by atoms with E-state index < -0.39 is 11.6 Å². The van der Waals surface area contributed by atoms with Crippen molar-refractivity contribution in [1.29, 1.82) is 0 Å². The zero-order valence-corrected chi connectivity index (χ0v) is 8.86. The first kappa shape index (κ1) is 11.5. The van der Waals surface area contributed by atoms with Gasteiger partial charge in [0.05, 0.1) is 0 Å². The molecule has 0 radical (unpaired) electrons. The van der Waals surface area contributed by atoms with E-state index in [1.807, 2.05) is 0 Å². The van der Waals surface area contributed by atoms with Crippen LogP contribution in [0.1, 0.15) is 5.56 Å². The van der Waals surface area contributed by atoms with Crippen LogP contribution in [0.5, 0.6) is 11.6 Å². The molecule has 5 heteroatoms. The molecule has 2 aromatic rings. The maximum atomic E-state index is 12.9. The highest BCUT2D eigenvalue weighted by Crippen LogP contribution is 2.22. The van der Waals surface area contributed by atoms with E-state index in [4.69, 9.17) is 10.5 Å². The van der Waals surface area contributed by atoms with Crippen LogP contribution in [0.2, 0.25) is 0 Å². The van der Waals surface area contributed by atoms with E-state index in [9.17, 15) is 8.78 Å². The number of nitrogens with two attached hydrogens (primary N) is 1. The fourth-order valence-electron chi connectivity index (χ4n) is 1.34. The number of ether oxygens (including phenoxy) is 1. The molecule has 0 aliphatic carbocycles. The van der Waals surface area contributed by atoms with Crippen molar-refractivity contribution in [3.05, 3.63) is 53.7 Å². The van der Waals surface area contributed by atoms with E-state index in [0.717, 1.165) is 23.8 Å². The second kappa shape index (κ2) is 4.88. The molecule has 17 heavy (non-hydrogen) atoms. The molecule has 0 amide bonds. The molecule has 0 atom stereocenters. The highest BCUT2D eigenvalue weighted by Gasteiger charge is 2.04. The summed E-state index contributed by atoms with van der Waals surface area (Å²) < 4.78 is 31.1. The Labute approximate surface area is 96.9 Å². The Morgan fingerprint density at radius 2 is 1.82 bits per heavy atom. The number of pyridine rings is 1. The van der Waals surface area contributed by atoms with Crippen molar-refractivity contribution in [3.8, 4) is 11.6 Å².